The first-order chi connectivity index (χ1) is 8.24. The van der Waals surface area contributed by atoms with Crippen molar-refractivity contribution in [1.29, 1.82) is 0 Å². The first-order valence-electron chi connectivity index (χ1n) is 8.00. The molecule has 1 heteroatoms. The molecule has 0 radical (unpaired) electrons. The smallest absolute Gasteiger partial charge is 0.00694 e. The van der Waals surface area contributed by atoms with Crippen molar-refractivity contribution in [3.8, 4) is 0 Å². The van der Waals surface area contributed by atoms with Crippen molar-refractivity contribution in [3.05, 3.63) is 0 Å². The third-order valence-corrected chi connectivity index (χ3v) is 3.55. The maximum atomic E-state index is 3.83. The predicted molar refractivity (Wildman–Crippen MR) is 79.6 cm³/mol. The van der Waals surface area contributed by atoms with Gasteiger partial charge in [-0.3, -0.25) is 0 Å². The van der Waals surface area contributed by atoms with E-state index in [1.165, 1.54) is 64.2 Å². The summed E-state index contributed by atoms with van der Waals surface area (Å²) in [7, 11) is 0. The molecule has 0 saturated heterocycles. The number of rotatable bonds is 12. The van der Waals surface area contributed by atoms with Gasteiger partial charge >= 0.3 is 0 Å². The van der Waals surface area contributed by atoms with Gasteiger partial charge in [-0.2, -0.15) is 0 Å². The second-order valence-electron chi connectivity index (χ2n) is 5.54. The summed E-state index contributed by atoms with van der Waals surface area (Å²) in [4.78, 5) is 0. The molecule has 0 aliphatic carbocycles. The van der Waals surface area contributed by atoms with Crippen molar-refractivity contribution >= 4 is 0 Å². The Hall–Kier alpha value is -0.0400. The number of unbranched alkanes of at least 4 members (excludes halogenated alkanes) is 4. The van der Waals surface area contributed by atoms with Crippen LogP contribution in [-0.4, -0.2) is 12.1 Å². The maximum absolute atomic E-state index is 3.83. The van der Waals surface area contributed by atoms with E-state index in [-0.39, 0.29) is 0 Å². The molecular formula is C16H35N. The zero-order valence-corrected chi connectivity index (χ0v) is 12.7. The highest BCUT2D eigenvalue weighted by Crippen LogP contribution is 2.11. The Morgan fingerprint density at radius 1 is 0.706 bits per heavy atom. The minimum absolute atomic E-state index is 0.709. The fourth-order valence-corrected chi connectivity index (χ4v) is 2.47. The largest absolute Gasteiger partial charge is 0.312 e. The van der Waals surface area contributed by atoms with Gasteiger partial charge < -0.3 is 5.32 Å². The van der Waals surface area contributed by atoms with Crippen LogP contribution >= 0.6 is 0 Å². The fraction of sp³-hybridized carbons (Fsp3) is 1.00. The number of hydrogen-bond donors (Lipinski definition) is 1. The quantitative estimate of drug-likeness (QED) is 0.458. The predicted octanol–water partition coefficient (Wildman–Crippen LogP) is 5.29. The van der Waals surface area contributed by atoms with Crippen LogP contribution in [0.2, 0.25) is 0 Å². The molecular weight excluding hydrogens is 206 g/mol. The van der Waals surface area contributed by atoms with Gasteiger partial charge in [0.25, 0.3) is 0 Å². The Labute approximate surface area is 110 Å². The molecule has 0 bridgehead atoms. The molecule has 0 aromatic heterocycles. The number of nitrogens with one attached hydrogen (secondary N) is 1. The summed E-state index contributed by atoms with van der Waals surface area (Å²) in [6.07, 6.45) is 13.6. The number of hydrogen-bond acceptors (Lipinski definition) is 1. The van der Waals surface area contributed by atoms with E-state index in [4.69, 9.17) is 0 Å². The van der Waals surface area contributed by atoms with E-state index in [0.29, 0.717) is 6.04 Å². The average Bonchev–Trinajstić information content (AvgIpc) is 2.32. The van der Waals surface area contributed by atoms with Crippen LogP contribution in [0.25, 0.3) is 0 Å². The van der Waals surface area contributed by atoms with E-state index < -0.39 is 0 Å². The molecule has 17 heavy (non-hydrogen) atoms. The zero-order valence-electron chi connectivity index (χ0n) is 12.7. The van der Waals surface area contributed by atoms with Crippen LogP contribution < -0.4 is 5.32 Å². The highest BCUT2D eigenvalue weighted by atomic mass is 14.9. The van der Waals surface area contributed by atoms with Gasteiger partial charge in [-0.15, -0.1) is 0 Å². The lowest BCUT2D eigenvalue weighted by Gasteiger charge is -2.23. The minimum Gasteiger partial charge on any atom is -0.312 e. The topological polar surface area (TPSA) is 12.0 Å². The molecule has 0 spiro atoms. The monoisotopic (exact) mass is 241 g/mol. The lowest BCUT2D eigenvalue weighted by Crippen LogP contribution is -2.36. The second-order valence-corrected chi connectivity index (χ2v) is 5.54. The average molecular weight is 241 g/mol. The lowest BCUT2D eigenvalue weighted by atomic mass is 10.0. The fourth-order valence-electron chi connectivity index (χ4n) is 2.47. The van der Waals surface area contributed by atoms with E-state index in [2.05, 4.69) is 33.0 Å². The van der Waals surface area contributed by atoms with Crippen LogP contribution in [0.4, 0.5) is 0 Å². The summed E-state index contributed by atoms with van der Waals surface area (Å²) in [6, 6.07) is 1.47. The molecule has 2 atom stereocenters. The van der Waals surface area contributed by atoms with Crippen LogP contribution in [0.5, 0.6) is 0 Å². The van der Waals surface area contributed by atoms with Crippen LogP contribution in [0.15, 0.2) is 0 Å². The Morgan fingerprint density at radius 3 is 2.00 bits per heavy atom. The molecule has 0 saturated carbocycles. The van der Waals surface area contributed by atoms with E-state index in [1.54, 1.807) is 0 Å². The van der Waals surface area contributed by atoms with Gasteiger partial charge in [-0.05, 0) is 26.2 Å². The van der Waals surface area contributed by atoms with Crippen LogP contribution in [0.1, 0.15) is 91.9 Å². The van der Waals surface area contributed by atoms with E-state index >= 15 is 0 Å². The molecule has 0 aromatic carbocycles. The molecule has 0 fully saturated rings. The summed E-state index contributed by atoms with van der Waals surface area (Å²) in [5, 5.41) is 3.83. The first-order valence-corrected chi connectivity index (χ1v) is 8.00. The summed E-state index contributed by atoms with van der Waals surface area (Å²) >= 11 is 0. The molecule has 104 valence electrons. The molecule has 0 aromatic rings. The Bertz CT molecular complexity index is 144. The molecule has 0 aliphatic heterocycles. The molecule has 0 heterocycles. The van der Waals surface area contributed by atoms with Gasteiger partial charge in [-0.25, -0.2) is 0 Å². The van der Waals surface area contributed by atoms with Crippen LogP contribution in [-0.2, 0) is 0 Å². The summed E-state index contributed by atoms with van der Waals surface area (Å²) in [5.74, 6) is 0. The van der Waals surface area contributed by atoms with Crippen molar-refractivity contribution in [2.24, 2.45) is 0 Å². The van der Waals surface area contributed by atoms with Crippen molar-refractivity contribution in [3.63, 3.8) is 0 Å². The molecule has 0 rings (SSSR count). The van der Waals surface area contributed by atoms with Crippen LogP contribution in [0.3, 0.4) is 0 Å². The summed E-state index contributed by atoms with van der Waals surface area (Å²) in [6.45, 7) is 9.23. The standard InChI is InChI=1S/C16H35N/c1-5-8-10-11-13-15(4)17-16(12-7-3)14-9-6-2/h15-17H,5-14H2,1-4H3. The van der Waals surface area contributed by atoms with Crippen molar-refractivity contribution in [2.75, 3.05) is 0 Å². The molecule has 1 N–H and O–H groups in total. The Morgan fingerprint density at radius 2 is 1.41 bits per heavy atom. The maximum Gasteiger partial charge on any atom is 0.00694 e. The second kappa shape index (κ2) is 12.4. The van der Waals surface area contributed by atoms with Crippen LogP contribution in [0, 0.1) is 0 Å². The first kappa shape index (κ1) is 17.0. The van der Waals surface area contributed by atoms with Gasteiger partial charge in [0, 0.05) is 12.1 Å². The van der Waals surface area contributed by atoms with Gasteiger partial charge in [0.2, 0.25) is 0 Å². The van der Waals surface area contributed by atoms with E-state index in [0.717, 1.165) is 6.04 Å². The SMILES string of the molecule is CCCCCCC(C)NC(CCC)CCCC. The van der Waals surface area contributed by atoms with Gasteiger partial charge in [0.1, 0.15) is 0 Å². The van der Waals surface area contributed by atoms with E-state index in [1.807, 2.05) is 0 Å². The van der Waals surface area contributed by atoms with Gasteiger partial charge in [0.05, 0.1) is 0 Å². The Balaban J connectivity index is 3.66. The third-order valence-electron chi connectivity index (χ3n) is 3.55. The zero-order chi connectivity index (χ0) is 12.9. The van der Waals surface area contributed by atoms with Crippen molar-refractivity contribution in [1.82, 2.24) is 5.32 Å². The third kappa shape index (κ3) is 10.8. The van der Waals surface area contributed by atoms with E-state index in [9.17, 15) is 0 Å². The van der Waals surface area contributed by atoms with Crippen molar-refractivity contribution in [2.45, 2.75) is 104 Å². The Kier molecular flexibility index (Phi) is 12.4. The molecule has 0 aliphatic rings. The molecule has 2 unspecified atom stereocenters. The summed E-state index contributed by atoms with van der Waals surface area (Å²) < 4.78 is 0. The highest BCUT2D eigenvalue weighted by Gasteiger charge is 2.10. The minimum atomic E-state index is 0.709. The summed E-state index contributed by atoms with van der Waals surface area (Å²) in [5.41, 5.74) is 0. The van der Waals surface area contributed by atoms with Gasteiger partial charge in [-0.1, -0.05) is 65.7 Å². The highest BCUT2D eigenvalue weighted by molar-refractivity contribution is 4.71. The normalized spacial score (nSPS) is 14.8. The van der Waals surface area contributed by atoms with Gasteiger partial charge in [0.15, 0.2) is 0 Å². The molecule has 0 amide bonds. The van der Waals surface area contributed by atoms with Crippen molar-refractivity contribution < 1.29 is 0 Å². The molecule has 1 nitrogen and oxygen atoms in total. The lowest BCUT2D eigenvalue weighted by molar-refractivity contribution is 0.372.